The highest BCUT2D eigenvalue weighted by molar-refractivity contribution is 5.85. The second-order valence-electron chi connectivity index (χ2n) is 3.29. The fraction of sp³-hybridized carbons (Fsp3) is 1.00. The Bertz CT molecular complexity index is 96.3. The molecule has 1 aliphatic heterocycles. The number of hydrogen-bond acceptors (Lipinski definition) is 2. The van der Waals surface area contributed by atoms with Crippen molar-refractivity contribution in [3.8, 4) is 0 Å². The van der Waals surface area contributed by atoms with Crippen molar-refractivity contribution in [1.29, 1.82) is 0 Å². The van der Waals surface area contributed by atoms with E-state index in [2.05, 4.69) is 12.2 Å². The molecule has 3 heteroatoms. The van der Waals surface area contributed by atoms with Gasteiger partial charge in [-0.1, -0.05) is 6.92 Å². The van der Waals surface area contributed by atoms with E-state index in [-0.39, 0.29) is 17.8 Å². The number of piperidine rings is 1. The van der Waals surface area contributed by atoms with Gasteiger partial charge in [0.1, 0.15) is 0 Å². The number of aliphatic hydroxyl groups excluding tert-OH is 1. The predicted octanol–water partition coefficient (Wildman–Crippen LogP) is 1.18. The maximum absolute atomic E-state index is 9.10. The summed E-state index contributed by atoms with van der Waals surface area (Å²) < 4.78 is 0. The molecule has 0 aromatic heterocycles. The van der Waals surface area contributed by atoms with Crippen LogP contribution in [0.1, 0.15) is 26.2 Å². The van der Waals surface area contributed by atoms with Crippen LogP contribution in [0.5, 0.6) is 0 Å². The molecular formula is C8H18ClNO. The minimum Gasteiger partial charge on any atom is -0.396 e. The summed E-state index contributed by atoms with van der Waals surface area (Å²) in [6, 6.07) is 0. The van der Waals surface area contributed by atoms with E-state index in [1.165, 1.54) is 12.8 Å². The molecule has 2 nitrogen and oxygen atoms in total. The maximum atomic E-state index is 9.10. The summed E-state index contributed by atoms with van der Waals surface area (Å²) in [5, 5.41) is 12.4. The van der Waals surface area contributed by atoms with Crippen molar-refractivity contribution in [2.24, 2.45) is 5.41 Å². The van der Waals surface area contributed by atoms with Crippen molar-refractivity contribution >= 4 is 12.4 Å². The van der Waals surface area contributed by atoms with Crippen molar-refractivity contribution in [3.63, 3.8) is 0 Å². The van der Waals surface area contributed by atoms with Crippen molar-refractivity contribution in [3.05, 3.63) is 0 Å². The standard InChI is InChI=1S/C8H17NO.ClH/c1-2-8(7-10)4-3-5-9-6-8;/h9-10H,2-7H2,1H3;1H. The van der Waals surface area contributed by atoms with E-state index >= 15 is 0 Å². The molecule has 68 valence electrons. The van der Waals surface area contributed by atoms with Crippen molar-refractivity contribution in [2.75, 3.05) is 19.7 Å². The number of halogens is 1. The smallest absolute Gasteiger partial charge is 0.0499 e. The Kier molecular flexibility index (Phi) is 5.06. The molecule has 2 N–H and O–H groups in total. The predicted molar refractivity (Wildman–Crippen MR) is 49.2 cm³/mol. The minimum atomic E-state index is 0. The van der Waals surface area contributed by atoms with Crippen LogP contribution in [0, 0.1) is 5.41 Å². The number of hydrogen-bond donors (Lipinski definition) is 2. The lowest BCUT2D eigenvalue weighted by Crippen LogP contribution is -2.41. The molecule has 1 aliphatic rings. The van der Waals surface area contributed by atoms with Gasteiger partial charge in [0.2, 0.25) is 0 Å². The van der Waals surface area contributed by atoms with Gasteiger partial charge in [0.15, 0.2) is 0 Å². The molecule has 1 heterocycles. The normalized spacial score (nSPS) is 31.1. The molecule has 11 heavy (non-hydrogen) atoms. The lowest BCUT2D eigenvalue weighted by Gasteiger charge is -2.34. The highest BCUT2D eigenvalue weighted by atomic mass is 35.5. The zero-order valence-electron chi connectivity index (χ0n) is 7.10. The molecule has 0 amide bonds. The molecule has 1 rings (SSSR count). The van der Waals surface area contributed by atoms with Gasteiger partial charge in [-0.15, -0.1) is 12.4 Å². The van der Waals surface area contributed by atoms with Crippen LogP contribution in [0.15, 0.2) is 0 Å². The van der Waals surface area contributed by atoms with Gasteiger partial charge in [0.05, 0.1) is 0 Å². The Labute approximate surface area is 74.8 Å². The topological polar surface area (TPSA) is 32.3 Å². The number of rotatable bonds is 2. The molecular weight excluding hydrogens is 162 g/mol. The Morgan fingerprint density at radius 1 is 1.55 bits per heavy atom. The molecule has 0 spiro atoms. The Balaban J connectivity index is 0.000001000. The van der Waals surface area contributed by atoms with Crippen LogP contribution in [0.25, 0.3) is 0 Å². The third-order valence-electron chi connectivity index (χ3n) is 2.65. The third kappa shape index (κ3) is 2.62. The molecule has 1 unspecified atom stereocenters. The van der Waals surface area contributed by atoms with Crippen LogP contribution in [-0.4, -0.2) is 24.8 Å². The van der Waals surface area contributed by atoms with Crippen LogP contribution in [0.4, 0.5) is 0 Å². The average Bonchev–Trinajstić information content (AvgIpc) is 2.06. The monoisotopic (exact) mass is 179 g/mol. The summed E-state index contributed by atoms with van der Waals surface area (Å²) >= 11 is 0. The number of nitrogens with one attached hydrogen (secondary N) is 1. The van der Waals surface area contributed by atoms with Crippen LogP contribution < -0.4 is 5.32 Å². The van der Waals surface area contributed by atoms with E-state index < -0.39 is 0 Å². The summed E-state index contributed by atoms with van der Waals surface area (Å²) in [4.78, 5) is 0. The molecule has 0 saturated carbocycles. The van der Waals surface area contributed by atoms with Crippen molar-refractivity contribution in [1.82, 2.24) is 5.32 Å². The van der Waals surface area contributed by atoms with Gasteiger partial charge in [0.25, 0.3) is 0 Å². The summed E-state index contributed by atoms with van der Waals surface area (Å²) in [6.45, 7) is 4.63. The molecule has 1 atom stereocenters. The molecule has 0 radical (unpaired) electrons. The summed E-state index contributed by atoms with van der Waals surface area (Å²) in [6.07, 6.45) is 3.50. The third-order valence-corrected chi connectivity index (χ3v) is 2.65. The first-order chi connectivity index (χ1) is 4.83. The van der Waals surface area contributed by atoms with Gasteiger partial charge in [-0.3, -0.25) is 0 Å². The fourth-order valence-corrected chi connectivity index (χ4v) is 1.58. The molecule has 0 aromatic carbocycles. The summed E-state index contributed by atoms with van der Waals surface area (Å²) in [7, 11) is 0. The van der Waals surface area contributed by atoms with Gasteiger partial charge in [-0.05, 0) is 25.8 Å². The molecule has 0 aliphatic carbocycles. The SMILES string of the molecule is CCC1(CO)CCCNC1.Cl. The fourth-order valence-electron chi connectivity index (χ4n) is 1.58. The lowest BCUT2D eigenvalue weighted by atomic mass is 9.79. The van der Waals surface area contributed by atoms with Crippen molar-refractivity contribution in [2.45, 2.75) is 26.2 Å². The minimum absolute atomic E-state index is 0. The largest absolute Gasteiger partial charge is 0.396 e. The summed E-state index contributed by atoms with van der Waals surface area (Å²) in [5.74, 6) is 0. The van der Waals surface area contributed by atoms with Crippen LogP contribution in [0.2, 0.25) is 0 Å². The van der Waals surface area contributed by atoms with E-state index in [1.54, 1.807) is 0 Å². The van der Waals surface area contributed by atoms with Gasteiger partial charge in [0, 0.05) is 18.6 Å². The highest BCUT2D eigenvalue weighted by Gasteiger charge is 2.28. The van der Waals surface area contributed by atoms with E-state index in [1.807, 2.05) is 0 Å². The van der Waals surface area contributed by atoms with E-state index in [0.717, 1.165) is 19.5 Å². The Hall–Kier alpha value is 0.210. The van der Waals surface area contributed by atoms with E-state index in [0.29, 0.717) is 6.61 Å². The summed E-state index contributed by atoms with van der Waals surface area (Å²) in [5.41, 5.74) is 0.207. The van der Waals surface area contributed by atoms with E-state index in [4.69, 9.17) is 5.11 Å². The van der Waals surface area contributed by atoms with Gasteiger partial charge in [-0.25, -0.2) is 0 Å². The first-order valence-electron chi connectivity index (χ1n) is 4.14. The first kappa shape index (κ1) is 11.2. The Morgan fingerprint density at radius 2 is 2.27 bits per heavy atom. The van der Waals surface area contributed by atoms with Crippen molar-refractivity contribution < 1.29 is 5.11 Å². The molecule has 0 bridgehead atoms. The average molecular weight is 180 g/mol. The van der Waals surface area contributed by atoms with Crippen LogP contribution in [0.3, 0.4) is 0 Å². The van der Waals surface area contributed by atoms with Gasteiger partial charge < -0.3 is 10.4 Å². The zero-order valence-corrected chi connectivity index (χ0v) is 7.91. The maximum Gasteiger partial charge on any atom is 0.0499 e. The quantitative estimate of drug-likeness (QED) is 0.668. The second kappa shape index (κ2) is 4.96. The lowest BCUT2D eigenvalue weighted by molar-refractivity contribution is 0.0908. The van der Waals surface area contributed by atoms with Crippen LogP contribution in [-0.2, 0) is 0 Å². The second-order valence-corrected chi connectivity index (χ2v) is 3.29. The van der Waals surface area contributed by atoms with E-state index in [9.17, 15) is 0 Å². The highest BCUT2D eigenvalue weighted by Crippen LogP contribution is 2.28. The first-order valence-corrected chi connectivity index (χ1v) is 4.14. The Morgan fingerprint density at radius 3 is 2.55 bits per heavy atom. The zero-order chi connectivity index (χ0) is 7.45. The molecule has 1 fully saturated rings. The van der Waals surface area contributed by atoms with Gasteiger partial charge in [-0.2, -0.15) is 0 Å². The van der Waals surface area contributed by atoms with Crippen LogP contribution >= 0.6 is 12.4 Å². The van der Waals surface area contributed by atoms with Gasteiger partial charge >= 0.3 is 0 Å². The molecule has 1 saturated heterocycles. The molecule has 0 aromatic rings. The number of aliphatic hydroxyl groups is 1.